The fourth-order valence-corrected chi connectivity index (χ4v) is 2.65. The minimum Gasteiger partial charge on any atom is -0.469 e. The fraction of sp³-hybridized carbons (Fsp3) is 0.471. The Morgan fingerprint density at radius 3 is 2.83 bits per heavy atom. The number of nitrogens with one attached hydrogen (secondary N) is 2. The van der Waals surface area contributed by atoms with Gasteiger partial charge in [0.05, 0.1) is 12.8 Å². The summed E-state index contributed by atoms with van der Waals surface area (Å²) in [6.07, 6.45) is 3.50. The van der Waals surface area contributed by atoms with Crippen molar-refractivity contribution in [3.8, 4) is 0 Å². The van der Waals surface area contributed by atoms with E-state index >= 15 is 0 Å². The molecule has 0 fully saturated rings. The van der Waals surface area contributed by atoms with Crippen LogP contribution in [0.4, 0.5) is 0 Å². The van der Waals surface area contributed by atoms with E-state index in [1.807, 2.05) is 19.1 Å². The standard InChI is InChI=1S/C17H25N3O2S.HI/c1-2-21-11-5-9-18-17(20-14-16-7-4-13-23-16)19-10-8-15-6-3-12-22-15;/h3-4,6-7,12-13H,2,5,8-11,14H2,1H3,(H2,18,19,20);1H. The van der Waals surface area contributed by atoms with Gasteiger partial charge in [0, 0.05) is 37.6 Å². The molecule has 0 aromatic carbocycles. The zero-order valence-electron chi connectivity index (χ0n) is 14.0. The van der Waals surface area contributed by atoms with Crippen LogP contribution in [0.15, 0.2) is 45.3 Å². The molecule has 134 valence electrons. The van der Waals surface area contributed by atoms with Crippen LogP contribution in [0, 0.1) is 0 Å². The number of aliphatic imine (C=N–C) groups is 1. The number of ether oxygens (including phenoxy) is 1. The first-order chi connectivity index (χ1) is 11.4. The number of rotatable bonds is 10. The van der Waals surface area contributed by atoms with Crippen molar-refractivity contribution in [1.82, 2.24) is 10.6 Å². The highest BCUT2D eigenvalue weighted by atomic mass is 127. The van der Waals surface area contributed by atoms with Crippen LogP contribution in [-0.4, -0.2) is 32.3 Å². The van der Waals surface area contributed by atoms with Crippen molar-refractivity contribution >= 4 is 41.3 Å². The van der Waals surface area contributed by atoms with Gasteiger partial charge >= 0.3 is 0 Å². The summed E-state index contributed by atoms with van der Waals surface area (Å²) in [5.74, 6) is 1.81. The zero-order chi connectivity index (χ0) is 16.2. The molecule has 0 aliphatic carbocycles. The van der Waals surface area contributed by atoms with Gasteiger partial charge in [-0.15, -0.1) is 35.3 Å². The maximum absolute atomic E-state index is 5.35. The molecular formula is C17H26IN3O2S. The topological polar surface area (TPSA) is 58.8 Å². The Labute approximate surface area is 164 Å². The molecule has 2 N–H and O–H groups in total. The molecule has 0 saturated heterocycles. The summed E-state index contributed by atoms with van der Waals surface area (Å²) in [5.41, 5.74) is 0. The second-order valence-electron chi connectivity index (χ2n) is 4.98. The van der Waals surface area contributed by atoms with Gasteiger partial charge in [-0.3, -0.25) is 0 Å². The van der Waals surface area contributed by atoms with E-state index < -0.39 is 0 Å². The van der Waals surface area contributed by atoms with Crippen molar-refractivity contribution in [1.29, 1.82) is 0 Å². The van der Waals surface area contributed by atoms with Crippen molar-refractivity contribution in [2.45, 2.75) is 26.3 Å². The molecule has 0 aliphatic heterocycles. The summed E-state index contributed by atoms with van der Waals surface area (Å²) in [5, 5.41) is 8.78. The van der Waals surface area contributed by atoms with E-state index in [-0.39, 0.29) is 24.0 Å². The van der Waals surface area contributed by atoms with Gasteiger partial charge in [0.25, 0.3) is 0 Å². The normalized spacial score (nSPS) is 11.1. The summed E-state index contributed by atoms with van der Waals surface area (Å²) < 4.78 is 10.7. The molecule has 7 heteroatoms. The lowest BCUT2D eigenvalue weighted by Crippen LogP contribution is -2.39. The molecular weight excluding hydrogens is 437 g/mol. The van der Waals surface area contributed by atoms with Gasteiger partial charge in [0.15, 0.2) is 5.96 Å². The summed E-state index contributed by atoms with van der Waals surface area (Å²) in [4.78, 5) is 5.89. The summed E-state index contributed by atoms with van der Waals surface area (Å²) in [7, 11) is 0. The van der Waals surface area contributed by atoms with E-state index in [1.165, 1.54) is 4.88 Å². The van der Waals surface area contributed by atoms with Gasteiger partial charge < -0.3 is 19.8 Å². The molecule has 2 rings (SSSR count). The lowest BCUT2D eigenvalue weighted by atomic mass is 10.3. The Balaban J connectivity index is 0.00000288. The first-order valence-corrected chi connectivity index (χ1v) is 8.91. The first-order valence-electron chi connectivity index (χ1n) is 8.03. The fourth-order valence-electron chi connectivity index (χ4n) is 2.02. The van der Waals surface area contributed by atoms with Crippen molar-refractivity contribution in [3.05, 3.63) is 46.5 Å². The predicted molar refractivity (Wildman–Crippen MR) is 110 cm³/mol. The SMILES string of the molecule is CCOCCCNC(=NCc1cccs1)NCCc1ccco1.I. The number of thiophene rings is 1. The van der Waals surface area contributed by atoms with Crippen molar-refractivity contribution in [2.75, 3.05) is 26.3 Å². The smallest absolute Gasteiger partial charge is 0.191 e. The van der Waals surface area contributed by atoms with Gasteiger partial charge in [0.1, 0.15) is 5.76 Å². The van der Waals surface area contributed by atoms with Crippen molar-refractivity contribution < 1.29 is 9.15 Å². The molecule has 0 spiro atoms. The minimum atomic E-state index is 0. The second-order valence-corrected chi connectivity index (χ2v) is 6.01. The lowest BCUT2D eigenvalue weighted by Gasteiger charge is -2.12. The quantitative estimate of drug-likeness (QED) is 0.245. The number of hydrogen-bond acceptors (Lipinski definition) is 4. The number of guanidine groups is 1. The summed E-state index contributed by atoms with van der Waals surface area (Å²) in [6, 6.07) is 8.05. The van der Waals surface area contributed by atoms with E-state index in [0.717, 1.165) is 50.9 Å². The number of furan rings is 1. The van der Waals surface area contributed by atoms with Gasteiger partial charge in [-0.05, 0) is 36.9 Å². The van der Waals surface area contributed by atoms with Crippen LogP contribution in [0.2, 0.25) is 0 Å². The molecule has 2 heterocycles. The van der Waals surface area contributed by atoms with Crippen LogP contribution in [-0.2, 0) is 17.7 Å². The van der Waals surface area contributed by atoms with E-state index in [1.54, 1.807) is 17.6 Å². The average Bonchev–Trinajstić information content (AvgIpc) is 3.25. The minimum absolute atomic E-state index is 0. The second kappa shape index (κ2) is 13.3. The molecule has 0 bridgehead atoms. The molecule has 5 nitrogen and oxygen atoms in total. The largest absolute Gasteiger partial charge is 0.469 e. The van der Waals surface area contributed by atoms with Crippen LogP contribution < -0.4 is 10.6 Å². The molecule has 0 amide bonds. The highest BCUT2D eigenvalue weighted by Crippen LogP contribution is 2.09. The Morgan fingerprint density at radius 2 is 2.12 bits per heavy atom. The first kappa shape index (κ1) is 21.0. The third kappa shape index (κ3) is 8.70. The molecule has 0 radical (unpaired) electrons. The van der Waals surface area contributed by atoms with Gasteiger partial charge in [-0.1, -0.05) is 6.07 Å². The molecule has 2 aromatic rings. The Hall–Kier alpha value is -1.06. The van der Waals surface area contributed by atoms with Crippen LogP contribution in [0.25, 0.3) is 0 Å². The molecule has 0 unspecified atom stereocenters. The molecule has 24 heavy (non-hydrogen) atoms. The zero-order valence-corrected chi connectivity index (χ0v) is 17.1. The van der Waals surface area contributed by atoms with Crippen LogP contribution in [0.5, 0.6) is 0 Å². The van der Waals surface area contributed by atoms with E-state index in [9.17, 15) is 0 Å². The van der Waals surface area contributed by atoms with Crippen LogP contribution in [0.1, 0.15) is 24.0 Å². The number of hydrogen-bond donors (Lipinski definition) is 2. The third-order valence-electron chi connectivity index (χ3n) is 3.18. The molecule has 0 aliphatic rings. The van der Waals surface area contributed by atoms with E-state index in [4.69, 9.17) is 9.15 Å². The van der Waals surface area contributed by atoms with Crippen molar-refractivity contribution in [2.24, 2.45) is 4.99 Å². The highest BCUT2D eigenvalue weighted by molar-refractivity contribution is 14.0. The lowest BCUT2D eigenvalue weighted by molar-refractivity contribution is 0.145. The molecule has 0 atom stereocenters. The number of nitrogens with zero attached hydrogens (tertiary/aromatic N) is 1. The summed E-state index contributed by atoms with van der Waals surface area (Å²) in [6.45, 7) is 5.87. The Bertz CT molecular complexity index is 544. The van der Waals surface area contributed by atoms with E-state index in [2.05, 4.69) is 33.1 Å². The Morgan fingerprint density at radius 1 is 1.25 bits per heavy atom. The third-order valence-corrected chi connectivity index (χ3v) is 4.04. The maximum atomic E-state index is 5.35. The van der Waals surface area contributed by atoms with E-state index in [0.29, 0.717) is 6.54 Å². The van der Waals surface area contributed by atoms with Gasteiger partial charge in [-0.25, -0.2) is 4.99 Å². The Kier molecular flexibility index (Phi) is 11.6. The van der Waals surface area contributed by atoms with Crippen LogP contribution in [0.3, 0.4) is 0 Å². The number of halogens is 1. The maximum Gasteiger partial charge on any atom is 0.191 e. The van der Waals surface area contributed by atoms with Crippen molar-refractivity contribution in [3.63, 3.8) is 0 Å². The average molecular weight is 463 g/mol. The highest BCUT2D eigenvalue weighted by Gasteiger charge is 2.01. The van der Waals surface area contributed by atoms with Crippen LogP contribution >= 0.6 is 35.3 Å². The van der Waals surface area contributed by atoms with Gasteiger partial charge in [0.2, 0.25) is 0 Å². The summed E-state index contributed by atoms with van der Waals surface area (Å²) >= 11 is 1.72. The molecule has 0 saturated carbocycles. The monoisotopic (exact) mass is 463 g/mol. The molecule has 2 aromatic heterocycles. The predicted octanol–water partition coefficient (Wildman–Crippen LogP) is 3.66. The van der Waals surface area contributed by atoms with Gasteiger partial charge in [-0.2, -0.15) is 0 Å².